The summed E-state index contributed by atoms with van der Waals surface area (Å²) in [5.41, 5.74) is 6.48. The SMILES string of the molecule is C=C(C)CNC(=O)c1nccnc1N. The van der Waals surface area contributed by atoms with Gasteiger partial charge < -0.3 is 11.1 Å². The third kappa shape index (κ3) is 2.55. The number of anilines is 1. The van der Waals surface area contributed by atoms with E-state index < -0.39 is 0 Å². The van der Waals surface area contributed by atoms with Gasteiger partial charge in [0.2, 0.25) is 0 Å². The second-order valence-electron chi connectivity index (χ2n) is 2.93. The summed E-state index contributed by atoms with van der Waals surface area (Å²) >= 11 is 0. The van der Waals surface area contributed by atoms with Crippen LogP contribution in [0.1, 0.15) is 17.4 Å². The Bertz CT molecular complexity index is 362. The van der Waals surface area contributed by atoms with Crippen LogP contribution in [-0.2, 0) is 0 Å². The fourth-order valence-corrected chi connectivity index (χ4v) is 0.839. The lowest BCUT2D eigenvalue weighted by molar-refractivity contribution is 0.0952. The van der Waals surface area contributed by atoms with Crippen LogP contribution in [0.2, 0.25) is 0 Å². The molecule has 5 heteroatoms. The number of nitrogens with one attached hydrogen (secondary N) is 1. The predicted molar refractivity (Wildman–Crippen MR) is 53.6 cm³/mol. The van der Waals surface area contributed by atoms with E-state index in [1.54, 1.807) is 0 Å². The maximum absolute atomic E-state index is 11.4. The fraction of sp³-hybridized carbons (Fsp3) is 0.222. The number of amides is 1. The minimum atomic E-state index is -0.335. The number of aromatic nitrogens is 2. The Morgan fingerprint density at radius 3 is 2.79 bits per heavy atom. The zero-order valence-electron chi connectivity index (χ0n) is 7.95. The Labute approximate surface area is 82.1 Å². The number of carbonyl (C=O) groups excluding carboxylic acids is 1. The van der Waals surface area contributed by atoms with Crippen LogP contribution in [0.15, 0.2) is 24.5 Å². The van der Waals surface area contributed by atoms with Crippen molar-refractivity contribution in [1.82, 2.24) is 15.3 Å². The number of rotatable bonds is 3. The Hall–Kier alpha value is -1.91. The third-order valence-electron chi connectivity index (χ3n) is 1.49. The Morgan fingerprint density at radius 1 is 1.57 bits per heavy atom. The average molecular weight is 192 g/mol. The van der Waals surface area contributed by atoms with Gasteiger partial charge in [-0.25, -0.2) is 9.97 Å². The fourth-order valence-electron chi connectivity index (χ4n) is 0.839. The standard InChI is InChI=1S/C9H12N4O/c1-6(2)5-13-9(14)7-8(10)12-4-3-11-7/h3-4H,1,5H2,2H3,(H2,10,12)(H,13,14). The van der Waals surface area contributed by atoms with Crippen molar-refractivity contribution < 1.29 is 4.79 Å². The summed E-state index contributed by atoms with van der Waals surface area (Å²) in [6.07, 6.45) is 2.86. The average Bonchev–Trinajstić information content (AvgIpc) is 2.15. The van der Waals surface area contributed by atoms with E-state index in [4.69, 9.17) is 5.73 Å². The first-order chi connectivity index (χ1) is 6.61. The van der Waals surface area contributed by atoms with E-state index in [-0.39, 0.29) is 17.4 Å². The van der Waals surface area contributed by atoms with Gasteiger partial charge in [0.1, 0.15) is 0 Å². The second kappa shape index (κ2) is 4.36. The number of nitrogens with two attached hydrogens (primary N) is 1. The van der Waals surface area contributed by atoms with Crippen LogP contribution in [0.5, 0.6) is 0 Å². The number of hydrogen-bond acceptors (Lipinski definition) is 4. The van der Waals surface area contributed by atoms with Crippen LogP contribution in [0, 0.1) is 0 Å². The van der Waals surface area contributed by atoms with Crippen LogP contribution >= 0.6 is 0 Å². The molecule has 0 saturated heterocycles. The molecule has 0 aliphatic rings. The highest BCUT2D eigenvalue weighted by atomic mass is 16.1. The molecule has 14 heavy (non-hydrogen) atoms. The van der Waals surface area contributed by atoms with Crippen LogP contribution in [0.4, 0.5) is 5.82 Å². The summed E-state index contributed by atoms with van der Waals surface area (Å²) in [5.74, 6) is -0.203. The van der Waals surface area contributed by atoms with Crippen molar-refractivity contribution >= 4 is 11.7 Å². The summed E-state index contributed by atoms with van der Waals surface area (Å²) < 4.78 is 0. The van der Waals surface area contributed by atoms with E-state index in [9.17, 15) is 4.79 Å². The summed E-state index contributed by atoms with van der Waals surface area (Å²) in [7, 11) is 0. The maximum Gasteiger partial charge on any atom is 0.273 e. The van der Waals surface area contributed by atoms with E-state index in [1.165, 1.54) is 12.4 Å². The van der Waals surface area contributed by atoms with Crippen LogP contribution in [-0.4, -0.2) is 22.4 Å². The van der Waals surface area contributed by atoms with E-state index in [2.05, 4.69) is 21.9 Å². The molecular formula is C9H12N4O. The molecule has 1 aromatic rings. The summed E-state index contributed by atoms with van der Waals surface area (Å²) in [6, 6.07) is 0. The number of nitrogen functional groups attached to an aromatic ring is 1. The van der Waals surface area contributed by atoms with Crippen molar-refractivity contribution in [3.63, 3.8) is 0 Å². The van der Waals surface area contributed by atoms with Gasteiger partial charge in [0.05, 0.1) is 0 Å². The summed E-state index contributed by atoms with van der Waals surface area (Å²) in [6.45, 7) is 5.89. The van der Waals surface area contributed by atoms with Crippen LogP contribution in [0.3, 0.4) is 0 Å². The highest BCUT2D eigenvalue weighted by Gasteiger charge is 2.10. The molecule has 5 nitrogen and oxygen atoms in total. The lowest BCUT2D eigenvalue weighted by atomic mass is 10.3. The smallest absolute Gasteiger partial charge is 0.273 e. The third-order valence-corrected chi connectivity index (χ3v) is 1.49. The van der Waals surface area contributed by atoms with E-state index in [0.29, 0.717) is 6.54 Å². The van der Waals surface area contributed by atoms with Gasteiger partial charge >= 0.3 is 0 Å². The van der Waals surface area contributed by atoms with E-state index >= 15 is 0 Å². The van der Waals surface area contributed by atoms with Gasteiger partial charge in [0.15, 0.2) is 11.5 Å². The molecule has 74 valence electrons. The van der Waals surface area contributed by atoms with Gasteiger partial charge in [-0.2, -0.15) is 0 Å². The molecule has 0 unspecified atom stereocenters. The zero-order chi connectivity index (χ0) is 10.6. The first kappa shape index (κ1) is 10.2. The zero-order valence-corrected chi connectivity index (χ0v) is 7.95. The van der Waals surface area contributed by atoms with Gasteiger partial charge in [0.25, 0.3) is 5.91 Å². The van der Waals surface area contributed by atoms with Gasteiger partial charge in [0, 0.05) is 18.9 Å². The number of nitrogens with zero attached hydrogens (tertiary/aromatic N) is 2. The number of carbonyl (C=O) groups is 1. The molecule has 0 aliphatic heterocycles. The highest BCUT2D eigenvalue weighted by molar-refractivity contribution is 5.96. The molecule has 0 bridgehead atoms. The normalized spacial score (nSPS) is 9.50. The predicted octanol–water partition coefficient (Wildman–Crippen LogP) is 0.365. The van der Waals surface area contributed by atoms with Crippen molar-refractivity contribution in [2.24, 2.45) is 0 Å². The molecule has 0 aliphatic carbocycles. The van der Waals surface area contributed by atoms with Crippen molar-refractivity contribution in [2.75, 3.05) is 12.3 Å². The molecule has 1 amide bonds. The minimum Gasteiger partial charge on any atom is -0.382 e. The van der Waals surface area contributed by atoms with Crippen LogP contribution < -0.4 is 11.1 Å². The molecule has 1 rings (SSSR count). The Balaban J connectivity index is 2.70. The molecule has 0 spiro atoms. The lowest BCUT2D eigenvalue weighted by Gasteiger charge is -2.04. The molecule has 1 heterocycles. The summed E-state index contributed by atoms with van der Waals surface area (Å²) in [5, 5.41) is 2.62. The lowest BCUT2D eigenvalue weighted by Crippen LogP contribution is -2.26. The van der Waals surface area contributed by atoms with Crippen LogP contribution in [0.25, 0.3) is 0 Å². The molecule has 0 saturated carbocycles. The molecule has 1 aromatic heterocycles. The highest BCUT2D eigenvalue weighted by Crippen LogP contribution is 2.02. The van der Waals surface area contributed by atoms with Gasteiger partial charge in [-0.15, -0.1) is 0 Å². The van der Waals surface area contributed by atoms with E-state index in [0.717, 1.165) is 5.57 Å². The molecule has 0 aromatic carbocycles. The van der Waals surface area contributed by atoms with Crippen molar-refractivity contribution in [3.05, 3.63) is 30.2 Å². The molecule has 0 radical (unpaired) electrons. The molecular weight excluding hydrogens is 180 g/mol. The largest absolute Gasteiger partial charge is 0.382 e. The maximum atomic E-state index is 11.4. The second-order valence-corrected chi connectivity index (χ2v) is 2.93. The first-order valence-corrected chi connectivity index (χ1v) is 4.10. The molecule has 3 N–H and O–H groups in total. The molecule has 0 fully saturated rings. The molecule has 0 atom stereocenters. The van der Waals surface area contributed by atoms with Gasteiger partial charge in [-0.05, 0) is 6.92 Å². The minimum absolute atomic E-state index is 0.131. The quantitative estimate of drug-likeness (QED) is 0.678. The van der Waals surface area contributed by atoms with E-state index in [1.807, 2.05) is 6.92 Å². The first-order valence-electron chi connectivity index (χ1n) is 4.10. The van der Waals surface area contributed by atoms with Gasteiger partial charge in [-0.1, -0.05) is 12.2 Å². The van der Waals surface area contributed by atoms with Crippen molar-refractivity contribution in [1.29, 1.82) is 0 Å². The van der Waals surface area contributed by atoms with Gasteiger partial charge in [-0.3, -0.25) is 4.79 Å². The Morgan fingerprint density at radius 2 is 2.21 bits per heavy atom. The monoisotopic (exact) mass is 192 g/mol. The topological polar surface area (TPSA) is 80.9 Å². The van der Waals surface area contributed by atoms with Crippen molar-refractivity contribution in [3.8, 4) is 0 Å². The Kier molecular flexibility index (Phi) is 3.17. The van der Waals surface area contributed by atoms with Crippen molar-refractivity contribution in [2.45, 2.75) is 6.92 Å². The summed E-state index contributed by atoms with van der Waals surface area (Å²) in [4.78, 5) is 19.0. The number of hydrogen-bond donors (Lipinski definition) is 2.